The zero-order chi connectivity index (χ0) is 21.5. The van der Waals surface area contributed by atoms with E-state index in [0.717, 1.165) is 56.6 Å². The second-order valence-corrected chi connectivity index (χ2v) is 8.37. The number of carbonyl (C=O) groups is 2. The van der Waals surface area contributed by atoms with Gasteiger partial charge in [0.05, 0.1) is 6.61 Å². The summed E-state index contributed by atoms with van der Waals surface area (Å²) in [5.41, 5.74) is 1.71. The highest BCUT2D eigenvalue weighted by Crippen LogP contribution is 2.21. The lowest BCUT2D eigenvalue weighted by Crippen LogP contribution is -2.40. The molecule has 2 amide bonds. The smallest absolute Gasteiger partial charge is 0.253 e. The van der Waals surface area contributed by atoms with E-state index in [1.807, 2.05) is 70.5 Å². The highest BCUT2D eigenvalue weighted by atomic mass is 16.5. The fourth-order valence-electron chi connectivity index (χ4n) is 4.27. The molecule has 0 aliphatic carbocycles. The molecule has 0 N–H and O–H groups in total. The molecule has 0 aromatic heterocycles. The summed E-state index contributed by atoms with van der Waals surface area (Å²) in [5.74, 6) is 1.15. The van der Waals surface area contributed by atoms with Crippen molar-refractivity contribution in [2.45, 2.75) is 25.7 Å². The summed E-state index contributed by atoms with van der Waals surface area (Å²) < 4.78 is 6.03. The summed E-state index contributed by atoms with van der Waals surface area (Å²) in [6.07, 6.45) is 7.71. The lowest BCUT2D eigenvalue weighted by atomic mass is 9.99. The van der Waals surface area contributed by atoms with Crippen LogP contribution in [0.3, 0.4) is 0 Å². The Morgan fingerprint density at radius 3 is 2.52 bits per heavy atom. The molecule has 0 bridgehead atoms. The van der Waals surface area contributed by atoms with Gasteiger partial charge in [0.2, 0.25) is 5.91 Å². The summed E-state index contributed by atoms with van der Waals surface area (Å²) in [4.78, 5) is 29.0. The number of amides is 2. The Labute approximate surface area is 184 Å². The Kier molecular flexibility index (Phi) is 7.03. The van der Waals surface area contributed by atoms with Gasteiger partial charge in [-0.25, -0.2) is 0 Å². The van der Waals surface area contributed by atoms with Gasteiger partial charge in [0, 0.05) is 43.7 Å². The van der Waals surface area contributed by atoms with Crippen LogP contribution in [0, 0.1) is 5.92 Å². The van der Waals surface area contributed by atoms with E-state index in [1.165, 1.54) is 0 Å². The predicted molar refractivity (Wildman–Crippen MR) is 122 cm³/mol. The Morgan fingerprint density at radius 2 is 1.71 bits per heavy atom. The number of hydrogen-bond donors (Lipinski definition) is 0. The molecule has 2 aliphatic heterocycles. The van der Waals surface area contributed by atoms with Crippen molar-refractivity contribution in [1.29, 1.82) is 0 Å². The maximum atomic E-state index is 12.6. The Hall–Kier alpha value is -3.08. The number of carbonyl (C=O) groups excluding carboxylic acids is 2. The first-order valence-electron chi connectivity index (χ1n) is 11.2. The number of piperidine rings is 1. The van der Waals surface area contributed by atoms with Crippen LogP contribution in [-0.2, 0) is 4.79 Å². The van der Waals surface area contributed by atoms with E-state index in [-0.39, 0.29) is 11.8 Å². The van der Waals surface area contributed by atoms with Crippen LogP contribution >= 0.6 is 0 Å². The minimum Gasteiger partial charge on any atom is -0.493 e. The molecular weight excluding hydrogens is 388 g/mol. The van der Waals surface area contributed by atoms with Crippen molar-refractivity contribution in [3.05, 3.63) is 71.8 Å². The largest absolute Gasteiger partial charge is 0.493 e. The van der Waals surface area contributed by atoms with E-state index in [4.69, 9.17) is 4.74 Å². The van der Waals surface area contributed by atoms with Crippen molar-refractivity contribution in [3.8, 4) is 5.75 Å². The zero-order valence-electron chi connectivity index (χ0n) is 17.9. The molecule has 1 atom stereocenters. The molecule has 5 heteroatoms. The number of benzene rings is 2. The topological polar surface area (TPSA) is 49.9 Å². The number of likely N-dealkylation sites (tertiary alicyclic amines) is 2. The lowest BCUT2D eigenvalue weighted by molar-refractivity contribution is -0.127. The maximum absolute atomic E-state index is 12.6. The molecule has 162 valence electrons. The molecule has 0 spiro atoms. The van der Waals surface area contributed by atoms with E-state index in [0.29, 0.717) is 24.6 Å². The summed E-state index contributed by atoms with van der Waals surface area (Å²) in [7, 11) is 0. The quantitative estimate of drug-likeness (QED) is 0.659. The van der Waals surface area contributed by atoms with Crippen LogP contribution in [-0.4, -0.2) is 54.4 Å². The first kappa shape index (κ1) is 21.2. The summed E-state index contributed by atoms with van der Waals surface area (Å²) in [6.45, 7) is 3.72. The van der Waals surface area contributed by atoms with E-state index in [9.17, 15) is 9.59 Å². The summed E-state index contributed by atoms with van der Waals surface area (Å²) >= 11 is 0. The van der Waals surface area contributed by atoms with Crippen LogP contribution in [0.15, 0.2) is 60.7 Å². The number of ether oxygens (including phenoxy) is 1. The summed E-state index contributed by atoms with van der Waals surface area (Å²) in [6, 6.07) is 17.3. The number of rotatable bonds is 6. The molecule has 5 nitrogen and oxygen atoms in total. The van der Waals surface area contributed by atoms with Gasteiger partial charge in [-0.15, -0.1) is 0 Å². The second-order valence-electron chi connectivity index (χ2n) is 8.37. The molecule has 4 rings (SSSR count). The van der Waals surface area contributed by atoms with Crippen molar-refractivity contribution in [3.63, 3.8) is 0 Å². The van der Waals surface area contributed by atoms with E-state index < -0.39 is 0 Å². The predicted octanol–water partition coefficient (Wildman–Crippen LogP) is 4.25. The molecule has 1 unspecified atom stereocenters. The van der Waals surface area contributed by atoms with Gasteiger partial charge >= 0.3 is 0 Å². The average molecular weight is 419 g/mol. The zero-order valence-corrected chi connectivity index (χ0v) is 17.9. The average Bonchev–Trinajstić information content (AvgIpc) is 3.37. The maximum Gasteiger partial charge on any atom is 0.253 e. The van der Waals surface area contributed by atoms with Crippen LogP contribution in [0.25, 0.3) is 6.08 Å². The van der Waals surface area contributed by atoms with Gasteiger partial charge < -0.3 is 14.5 Å². The van der Waals surface area contributed by atoms with Crippen LogP contribution in [0.2, 0.25) is 0 Å². The Morgan fingerprint density at radius 1 is 0.935 bits per heavy atom. The van der Waals surface area contributed by atoms with Crippen LogP contribution < -0.4 is 4.74 Å². The first-order valence-corrected chi connectivity index (χ1v) is 11.2. The van der Waals surface area contributed by atoms with Crippen molar-refractivity contribution in [2.24, 2.45) is 5.92 Å². The summed E-state index contributed by atoms with van der Waals surface area (Å²) in [5, 5.41) is 0. The van der Waals surface area contributed by atoms with Crippen molar-refractivity contribution in [1.82, 2.24) is 9.80 Å². The van der Waals surface area contributed by atoms with Crippen LogP contribution in [0.5, 0.6) is 5.75 Å². The number of nitrogens with zero attached hydrogens (tertiary/aromatic N) is 2. The lowest BCUT2D eigenvalue weighted by Gasteiger charge is -2.32. The van der Waals surface area contributed by atoms with Gasteiger partial charge in [-0.3, -0.25) is 9.59 Å². The van der Waals surface area contributed by atoms with Gasteiger partial charge in [0.1, 0.15) is 5.75 Å². The van der Waals surface area contributed by atoms with Crippen molar-refractivity contribution in [2.75, 3.05) is 32.8 Å². The van der Waals surface area contributed by atoms with Crippen molar-refractivity contribution >= 4 is 17.9 Å². The van der Waals surface area contributed by atoms with E-state index >= 15 is 0 Å². The third-order valence-electron chi connectivity index (χ3n) is 6.01. The Bertz CT molecular complexity index is 919. The molecular formula is C26H30N2O3. The highest BCUT2D eigenvalue weighted by Gasteiger charge is 2.23. The van der Waals surface area contributed by atoms with Gasteiger partial charge in [-0.2, -0.15) is 0 Å². The molecule has 2 aromatic rings. The van der Waals surface area contributed by atoms with Gasteiger partial charge in [-0.1, -0.05) is 36.4 Å². The monoisotopic (exact) mass is 418 g/mol. The molecule has 2 fully saturated rings. The van der Waals surface area contributed by atoms with Gasteiger partial charge in [0.25, 0.3) is 5.91 Å². The normalized spacial score (nSPS) is 19.0. The standard InChI is InChI=1S/C26H30N2O3/c29-25(14-13-21-8-2-1-3-9-21)28-17-7-10-22(19-28)20-31-24-12-6-11-23(18-24)26(30)27-15-4-5-16-27/h1-3,6,8-9,11-14,18,22H,4-5,7,10,15-17,19-20H2/b14-13+. The highest BCUT2D eigenvalue weighted by molar-refractivity contribution is 5.94. The molecule has 31 heavy (non-hydrogen) atoms. The molecule has 2 saturated heterocycles. The second kappa shape index (κ2) is 10.3. The minimum absolute atomic E-state index is 0.0479. The minimum atomic E-state index is 0.0479. The van der Waals surface area contributed by atoms with Gasteiger partial charge in [0.15, 0.2) is 0 Å². The van der Waals surface area contributed by atoms with Crippen LogP contribution in [0.4, 0.5) is 0 Å². The van der Waals surface area contributed by atoms with E-state index in [1.54, 1.807) is 6.08 Å². The molecule has 2 aromatic carbocycles. The SMILES string of the molecule is O=C(/C=C/c1ccccc1)N1CCCC(COc2cccc(C(=O)N3CCCC3)c2)C1. The van der Waals surface area contributed by atoms with Crippen LogP contribution in [0.1, 0.15) is 41.6 Å². The number of hydrogen-bond acceptors (Lipinski definition) is 3. The molecule has 2 heterocycles. The molecule has 2 aliphatic rings. The van der Waals surface area contributed by atoms with Crippen molar-refractivity contribution < 1.29 is 14.3 Å². The third kappa shape index (κ3) is 5.75. The van der Waals surface area contributed by atoms with Gasteiger partial charge in [-0.05, 0) is 55.5 Å². The molecule has 0 saturated carbocycles. The molecule has 0 radical (unpaired) electrons. The fourth-order valence-corrected chi connectivity index (χ4v) is 4.27. The Balaban J connectivity index is 1.30. The third-order valence-corrected chi connectivity index (χ3v) is 6.01. The fraction of sp³-hybridized carbons (Fsp3) is 0.385. The van der Waals surface area contributed by atoms with E-state index in [2.05, 4.69) is 0 Å². The first-order chi connectivity index (χ1) is 15.2.